The molecule has 0 bridgehead atoms. The monoisotopic (exact) mass is 429 g/mol. The fourth-order valence-corrected chi connectivity index (χ4v) is 5.36. The highest BCUT2D eigenvalue weighted by Crippen LogP contribution is 2.37. The van der Waals surface area contributed by atoms with Crippen LogP contribution in [0, 0.1) is 13.8 Å². The maximum atomic E-state index is 13.1. The molecule has 158 valence electrons. The summed E-state index contributed by atoms with van der Waals surface area (Å²) in [5, 5.41) is 20.8. The molecule has 1 unspecified atom stereocenters. The van der Waals surface area contributed by atoms with Crippen molar-refractivity contribution in [2.24, 2.45) is 4.40 Å². The van der Waals surface area contributed by atoms with E-state index in [1.165, 1.54) is 0 Å². The van der Waals surface area contributed by atoms with Crippen molar-refractivity contribution < 1.29 is 28.3 Å². The van der Waals surface area contributed by atoms with Gasteiger partial charge in [0, 0.05) is 17.2 Å². The molecule has 30 heavy (non-hydrogen) atoms. The van der Waals surface area contributed by atoms with Crippen molar-refractivity contribution >= 4 is 15.7 Å². The van der Waals surface area contributed by atoms with E-state index in [4.69, 9.17) is 4.74 Å². The van der Waals surface area contributed by atoms with Gasteiger partial charge in [-0.2, -0.15) is 12.8 Å². The topological polar surface area (TPSA) is 101 Å². The Labute approximate surface area is 176 Å². The van der Waals surface area contributed by atoms with Gasteiger partial charge >= 0.3 is 0 Å². The third kappa shape index (κ3) is 3.51. The maximum Gasteiger partial charge on any atom is 0.283 e. The van der Waals surface area contributed by atoms with Crippen LogP contribution < -0.4 is 4.90 Å². The van der Waals surface area contributed by atoms with E-state index in [2.05, 4.69) is 4.40 Å². The molecule has 1 aliphatic carbocycles. The molecule has 2 atom stereocenters. The number of nitrogens with zero attached hydrogens (tertiary/aromatic N) is 1. The first-order valence-electron chi connectivity index (χ1n) is 9.83. The fraction of sp³-hybridized carbons (Fsp3) is 0.318. The number of ether oxygens (including phenoxy) is 1. The first-order valence-corrected chi connectivity index (χ1v) is 11.3. The lowest BCUT2D eigenvalue weighted by Crippen LogP contribution is -3.14. The van der Waals surface area contributed by atoms with Gasteiger partial charge in [-0.25, -0.2) is 0 Å². The number of aryl methyl sites for hydroxylation is 2. The molecular weight excluding hydrogens is 404 g/mol. The Morgan fingerprint density at radius 1 is 1.20 bits per heavy atom. The molecule has 2 aromatic carbocycles. The summed E-state index contributed by atoms with van der Waals surface area (Å²) < 4.78 is 36.2. The van der Waals surface area contributed by atoms with Crippen LogP contribution in [0.2, 0.25) is 0 Å². The average Bonchev–Trinajstić information content (AvgIpc) is 2.69. The van der Waals surface area contributed by atoms with Crippen molar-refractivity contribution in [3.05, 3.63) is 76.5 Å². The smallest absolute Gasteiger partial charge is 0.283 e. The number of allylic oxidation sites excluding steroid dienone is 1. The number of morpholine rings is 1. The zero-order chi connectivity index (χ0) is 21.5. The van der Waals surface area contributed by atoms with E-state index in [1.807, 2.05) is 6.92 Å². The van der Waals surface area contributed by atoms with E-state index in [-0.39, 0.29) is 17.2 Å². The predicted molar refractivity (Wildman–Crippen MR) is 112 cm³/mol. The minimum atomic E-state index is -3.98. The minimum Gasteiger partial charge on any atom is -0.391 e. The molecule has 3 N–H and O–H groups in total. The number of rotatable bonds is 4. The van der Waals surface area contributed by atoms with E-state index in [9.17, 15) is 18.6 Å². The van der Waals surface area contributed by atoms with Crippen LogP contribution in [0.3, 0.4) is 0 Å². The van der Waals surface area contributed by atoms with Crippen molar-refractivity contribution in [1.29, 1.82) is 0 Å². The van der Waals surface area contributed by atoms with Gasteiger partial charge in [0.15, 0.2) is 5.70 Å². The number of aliphatic hydroxyl groups excluding tert-OH is 1. The molecule has 7 nitrogen and oxygen atoms in total. The Morgan fingerprint density at radius 3 is 2.70 bits per heavy atom. The summed E-state index contributed by atoms with van der Waals surface area (Å²) in [4.78, 5) is 0.981. The Balaban J connectivity index is 1.90. The lowest BCUT2D eigenvalue weighted by atomic mass is 9.86. The van der Waals surface area contributed by atoms with Gasteiger partial charge in [-0.15, -0.1) is 0 Å². The van der Waals surface area contributed by atoms with Crippen LogP contribution in [0.1, 0.15) is 22.3 Å². The second-order valence-electron chi connectivity index (χ2n) is 7.64. The summed E-state index contributed by atoms with van der Waals surface area (Å²) in [6, 6.07) is 12.1. The second-order valence-corrected chi connectivity index (χ2v) is 9.22. The maximum absolute atomic E-state index is 13.1. The van der Waals surface area contributed by atoms with Gasteiger partial charge in [0.1, 0.15) is 19.7 Å². The predicted octanol–water partition coefficient (Wildman–Crippen LogP) is 0.431. The summed E-state index contributed by atoms with van der Waals surface area (Å²) in [7, 11) is -3.98. The summed E-state index contributed by atoms with van der Waals surface area (Å²) in [5.74, 6) is -1.68. The van der Waals surface area contributed by atoms with Crippen LogP contribution >= 0.6 is 0 Å². The van der Waals surface area contributed by atoms with Crippen molar-refractivity contribution in [2.75, 3.05) is 26.3 Å². The van der Waals surface area contributed by atoms with Crippen LogP contribution in [0.25, 0.3) is 0 Å². The average molecular weight is 430 g/mol. The molecule has 0 amide bonds. The zero-order valence-electron chi connectivity index (χ0n) is 16.9. The number of sulfonamides is 1. The van der Waals surface area contributed by atoms with Gasteiger partial charge in [0.2, 0.25) is 0 Å². The van der Waals surface area contributed by atoms with E-state index >= 15 is 0 Å². The number of hydrogen-bond acceptors (Lipinski definition) is 5. The summed E-state index contributed by atoms with van der Waals surface area (Å²) in [6.07, 6.45) is 1.58. The number of nitrogens with one attached hydrogen (secondary N) is 1. The van der Waals surface area contributed by atoms with Gasteiger partial charge in [0.05, 0.1) is 17.2 Å². The molecule has 1 fully saturated rings. The quantitative estimate of drug-likeness (QED) is 0.655. The van der Waals surface area contributed by atoms with E-state index < -0.39 is 15.8 Å². The number of hydrogen-bond donors (Lipinski definition) is 3. The Kier molecular flexibility index (Phi) is 5.37. The van der Waals surface area contributed by atoms with Gasteiger partial charge in [-0.1, -0.05) is 42.0 Å². The Bertz CT molecular complexity index is 1150. The lowest BCUT2D eigenvalue weighted by Gasteiger charge is -2.41. The van der Waals surface area contributed by atoms with Crippen molar-refractivity contribution in [1.82, 2.24) is 0 Å². The molecule has 4 rings (SSSR count). The van der Waals surface area contributed by atoms with Crippen LogP contribution in [-0.4, -0.2) is 50.6 Å². The largest absolute Gasteiger partial charge is 0.391 e. The lowest BCUT2D eigenvalue weighted by molar-refractivity contribution is -0.882. The molecule has 0 spiro atoms. The second kappa shape index (κ2) is 7.72. The third-order valence-corrected chi connectivity index (χ3v) is 7.00. The van der Waals surface area contributed by atoms with E-state index in [1.54, 1.807) is 55.5 Å². The van der Waals surface area contributed by atoms with Crippen LogP contribution in [0.5, 0.6) is 0 Å². The summed E-state index contributed by atoms with van der Waals surface area (Å²) in [5.41, 5.74) is 3.25. The molecule has 8 heteroatoms. The van der Waals surface area contributed by atoms with Crippen molar-refractivity contribution in [3.8, 4) is 0 Å². The van der Waals surface area contributed by atoms with Gasteiger partial charge in [-0.05, 0) is 25.5 Å². The molecule has 0 radical (unpaired) electrons. The van der Waals surface area contributed by atoms with Crippen LogP contribution in [0.15, 0.2) is 63.5 Å². The molecule has 1 aliphatic heterocycles. The number of fused-ring (bicyclic) bond motifs is 3. The molecule has 2 aromatic rings. The fourth-order valence-electron chi connectivity index (χ4n) is 4.15. The number of aliphatic hydroxyl groups is 2. The summed E-state index contributed by atoms with van der Waals surface area (Å²) >= 11 is 0. The van der Waals surface area contributed by atoms with Gasteiger partial charge in [0.25, 0.3) is 15.8 Å². The van der Waals surface area contributed by atoms with Gasteiger partial charge in [-0.3, -0.25) is 4.90 Å². The Morgan fingerprint density at radius 2 is 1.97 bits per heavy atom. The molecule has 0 aromatic heterocycles. The molecule has 1 heterocycles. The van der Waals surface area contributed by atoms with E-state index in [0.29, 0.717) is 42.1 Å². The first-order chi connectivity index (χ1) is 14.3. The number of benzene rings is 2. The molecular formula is C22H25N2O5S+. The van der Waals surface area contributed by atoms with E-state index in [0.717, 1.165) is 10.5 Å². The van der Waals surface area contributed by atoms with Crippen molar-refractivity contribution in [3.63, 3.8) is 0 Å². The van der Waals surface area contributed by atoms with Crippen molar-refractivity contribution in [2.45, 2.75) is 24.5 Å². The van der Waals surface area contributed by atoms with Crippen LogP contribution in [-0.2, 0) is 20.5 Å². The minimum absolute atomic E-state index is 0.0717. The zero-order valence-corrected chi connectivity index (χ0v) is 17.7. The standard InChI is InChI=1S/C22H24N2O5S/c1-15-7-8-20(16(2)13-15)30(27,28)23-19-14-21-22(26,18-6-4-3-5-17(18)19)29-12-10-24(21)9-11-25/h3-8,13-14,25-26H,9-12H2,1-2H3/p+1/t22-/m1/s1. The molecule has 0 saturated carbocycles. The summed E-state index contributed by atoms with van der Waals surface area (Å²) in [6.45, 7) is 4.81. The van der Waals surface area contributed by atoms with Gasteiger partial charge < -0.3 is 14.9 Å². The molecule has 1 saturated heterocycles. The van der Waals surface area contributed by atoms with Crippen LogP contribution in [0.4, 0.5) is 0 Å². The Hall–Kier alpha value is -2.36. The first kappa shape index (κ1) is 20.9. The normalized spacial score (nSPS) is 24.9. The highest BCUT2D eigenvalue weighted by atomic mass is 32.2. The SMILES string of the molecule is Cc1ccc(S(=O)(=O)N=C2C=C3[NH+](CCO)CCO[C@]3(O)c3ccccc32)c(C)c1. The number of quaternary nitrogens is 1. The highest BCUT2D eigenvalue weighted by Gasteiger charge is 2.49. The highest BCUT2D eigenvalue weighted by molar-refractivity contribution is 7.90. The molecule has 2 aliphatic rings. The third-order valence-electron chi connectivity index (χ3n) is 5.55.